The van der Waals surface area contributed by atoms with Gasteiger partial charge in [0, 0.05) is 13.1 Å². The van der Waals surface area contributed by atoms with E-state index in [1.54, 1.807) is 25.5 Å². The number of nitrogens with zero attached hydrogens (tertiary/aromatic N) is 2. The highest BCUT2D eigenvalue weighted by molar-refractivity contribution is 6.35. The minimum atomic E-state index is -0.278. The molecule has 28 heavy (non-hydrogen) atoms. The molecule has 2 aliphatic rings. The second-order valence-electron chi connectivity index (χ2n) is 7.42. The molecule has 2 amide bonds. The molecule has 0 saturated carbocycles. The number of methoxy groups -OCH3 is 1. The fraction of sp³-hybridized carbons (Fsp3) is 0.364. The molecule has 0 bridgehead atoms. The lowest BCUT2D eigenvalue weighted by Crippen LogP contribution is -2.39. The van der Waals surface area contributed by atoms with Crippen molar-refractivity contribution >= 4 is 17.4 Å². The van der Waals surface area contributed by atoms with Crippen LogP contribution in [0.2, 0.25) is 0 Å². The molecule has 6 heteroatoms. The van der Waals surface area contributed by atoms with Gasteiger partial charge >= 0.3 is 0 Å². The number of carbonyl (C=O) groups is 2. The molecule has 1 aromatic heterocycles. The molecule has 0 radical (unpaired) electrons. The first-order valence-electron chi connectivity index (χ1n) is 9.60. The van der Waals surface area contributed by atoms with Crippen LogP contribution >= 0.6 is 0 Å². The summed E-state index contributed by atoms with van der Waals surface area (Å²) >= 11 is 0. The van der Waals surface area contributed by atoms with Gasteiger partial charge in [0.15, 0.2) is 0 Å². The first kappa shape index (κ1) is 18.3. The molecule has 1 saturated heterocycles. The molecule has 6 nitrogen and oxygen atoms in total. The van der Waals surface area contributed by atoms with Gasteiger partial charge in [0.2, 0.25) is 0 Å². The summed E-state index contributed by atoms with van der Waals surface area (Å²) in [5.41, 5.74) is 1.70. The monoisotopic (exact) mass is 380 g/mol. The van der Waals surface area contributed by atoms with E-state index >= 15 is 0 Å². The lowest BCUT2D eigenvalue weighted by molar-refractivity contribution is -0.138. The van der Waals surface area contributed by atoms with Crippen LogP contribution in [0.5, 0.6) is 5.75 Å². The van der Waals surface area contributed by atoms with E-state index < -0.39 is 0 Å². The molecule has 0 spiro atoms. The third-order valence-electron chi connectivity index (χ3n) is 5.39. The number of ether oxygens (including phenoxy) is 1. The van der Waals surface area contributed by atoms with E-state index in [1.165, 1.54) is 4.90 Å². The van der Waals surface area contributed by atoms with E-state index in [1.807, 2.05) is 24.3 Å². The predicted molar refractivity (Wildman–Crippen MR) is 104 cm³/mol. The molecule has 0 N–H and O–H groups in total. The number of hydrogen-bond donors (Lipinski definition) is 0. The number of furan rings is 1. The Kier molecular flexibility index (Phi) is 4.94. The highest BCUT2D eigenvalue weighted by Crippen LogP contribution is 2.35. The summed E-state index contributed by atoms with van der Waals surface area (Å²) in [4.78, 5) is 29.9. The first-order chi connectivity index (χ1) is 13.6. The second kappa shape index (κ2) is 7.54. The van der Waals surface area contributed by atoms with Crippen molar-refractivity contribution in [3.63, 3.8) is 0 Å². The Balaban J connectivity index is 1.74. The Hall–Kier alpha value is -3.02. The molecule has 3 heterocycles. The number of imide groups is 1. The maximum atomic E-state index is 13.3. The number of rotatable bonds is 5. The highest BCUT2D eigenvalue weighted by atomic mass is 16.5. The molecule has 4 rings (SSSR count). The Morgan fingerprint density at radius 2 is 1.93 bits per heavy atom. The summed E-state index contributed by atoms with van der Waals surface area (Å²) in [6.07, 6.45) is 3.70. The van der Waals surface area contributed by atoms with Crippen LogP contribution in [0, 0.1) is 5.92 Å². The number of piperidine rings is 1. The van der Waals surface area contributed by atoms with Crippen molar-refractivity contribution in [3.05, 3.63) is 59.7 Å². The van der Waals surface area contributed by atoms with Gasteiger partial charge in [0.05, 0.1) is 25.5 Å². The molecule has 2 aromatic rings. The van der Waals surface area contributed by atoms with Crippen LogP contribution in [0.3, 0.4) is 0 Å². The van der Waals surface area contributed by atoms with Gasteiger partial charge in [-0.15, -0.1) is 0 Å². The number of hydrogen-bond acceptors (Lipinski definition) is 5. The van der Waals surface area contributed by atoms with E-state index in [9.17, 15) is 9.59 Å². The lowest BCUT2D eigenvalue weighted by Gasteiger charge is -2.33. The summed E-state index contributed by atoms with van der Waals surface area (Å²) < 4.78 is 10.6. The minimum Gasteiger partial charge on any atom is -0.497 e. The molecule has 1 atom stereocenters. The van der Waals surface area contributed by atoms with E-state index in [4.69, 9.17) is 9.15 Å². The average molecular weight is 380 g/mol. The number of likely N-dealkylation sites (tertiary alicyclic amines) is 1. The summed E-state index contributed by atoms with van der Waals surface area (Å²) in [6.45, 7) is 3.88. The maximum absolute atomic E-state index is 13.3. The van der Waals surface area contributed by atoms with Crippen LogP contribution in [0.15, 0.2) is 52.8 Å². The summed E-state index contributed by atoms with van der Waals surface area (Å²) in [6, 6.07) is 10.8. The Morgan fingerprint density at radius 3 is 2.57 bits per heavy atom. The molecular formula is C22H24N2O4. The smallest absolute Gasteiger partial charge is 0.278 e. The van der Waals surface area contributed by atoms with Crippen molar-refractivity contribution in [2.45, 2.75) is 26.3 Å². The van der Waals surface area contributed by atoms with Crippen molar-refractivity contribution < 1.29 is 18.7 Å². The van der Waals surface area contributed by atoms with Gasteiger partial charge in [-0.3, -0.25) is 14.5 Å². The van der Waals surface area contributed by atoms with Crippen LogP contribution < -0.4 is 4.74 Å². The Bertz CT molecular complexity index is 899. The standard InChI is InChI=1S/C22H24N2O4/c1-15-5-3-11-23(13-15)20-19(16-7-9-17(27-2)10-8-16)21(25)24(22(20)26)14-18-6-4-12-28-18/h4,6-10,12,15H,3,5,11,13-14H2,1-2H3. The number of benzene rings is 1. The molecular weight excluding hydrogens is 356 g/mol. The van der Waals surface area contributed by atoms with Gasteiger partial charge in [-0.05, 0) is 48.6 Å². The van der Waals surface area contributed by atoms with Crippen molar-refractivity contribution in [2.24, 2.45) is 5.92 Å². The quantitative estimate of drug-likeness (QED) is 0.745. The topological polar surface area (TPSA) is 63.0 Å². The average Bonchev–Trinajstić information content (AvgIpc) is 3.30. The Morgan fingerprint density at radius 1 is 1.14 bits per heavy atom. The van der Waals surface area contributed by atoms with E-state index in [0.29, 0.717) is 28.7 Å². The van der Waals surface area contributed by atoms with Gasteiger partial charge in [-0.2, -0.15) is 0 Å². The van der Waals surface area contributed by atoms with Crippen LogP contribution in [0.1, 0.15) is 31.1 Å². The van der Waals surface area contributed by atoms with Gasteiger partial charge < -0.3 is 14.1 Å². The van der Waals surface area contributed by atoms with Crippen molar-refractivity contribution in [2.75, 3.05) is 20.2 Å². The van der Waals surface area contributed by atoms with Crippen molar-refractivity contribution in [3.8, 4) is 5.75 Å². The minimum absolute atomic E-state index is 0.136. The number of carbonyl (C=O) groups excluding carboxylic acids is 2. The zero-order valence-corrected chi connectivity index (χ0v) is 16.2. The molecule has 1 aromatic carbocycles. The van der Waals surface area contributed by atoms with Crippen LogP contribution in [-0.4, -0.2) is 41.8 Å². The molecule has 146 valence electrons. The fourth-order valence-electron chi connectivity index (χ4n) is 3.97. The van der Waals surface area contributed by atoms with Crippen LogP contribution in [0.4, 0.5) is 0 Å². The molecule has 1 fully saturated rings. The predicted octanol–water partition coefficient (Wildman–Crippen LogP) is 3.30. The molecule has 1 unspecified atom stereocenters. The number of amides is 2. The van der Waals surface area contributed by atoms with Crippen molar-refractivity contribution in [1.82, 2.24) is 9.80 Å². The van der Waals surface area contributed by atoms with Crippen molar-refractivity contribution in [1.29, 1.82) is 0 Å². The second-order valence-corrected chi connectivity index (χ2v) is 7.42. The molecule has 2 aliphatic heterocycles. The van der Waals surface area contributed by atoms with Crippen LogP contribution in [-0.2, 0) is 16.1 Å². The van der Waals surface area contributed by atoms with Crippen LogP contribution in [0.25, 0.3) is 5.57 Å². The van der Waals surface area contributed by atoms with Gasteiger partial charge in [-0.25, -0.2) is 0 Å². The van der Waals surface area contributed by atoms with E-state index in [-0.39, 0.29) is 18.4 Å². The highest BCUT2D eigenvalue weighted by Gasteiger charge is 2.42. The van der Waals surface area contributed by atoms with E-state index in [2.05, 4.69) is 11.8 Å². The van der Waals surface area contributed by atoms with Gasteiger partial charge in [0.1, 0.15) is 17.2 Å². The third kappa shape index (κ3) is 3.30. The van der Waals surface area contributed by atoms with Gasteiger partial charge in [-0.1, -0.05) is 19.1 Å². The summed E-state index contributed by atoms with van der Waals surface area (Å²) in [5, 5.41) is 0. The molecule has 0 aliphatic carbocycles. The zero-order valence-electron chi connectivity index (χ0n) is 16.2. The van der Waals surface area contributed by atoms with Gasteiger partial charge in [0.25, 0.3) is 11.8 Å². The normalized spacial score (nSPS) is 20.3. The fourth-order valence-corrected chi connectivity index (χ4v) is 3.97. The van der Waals surface area contributed by atoms with E-state index in [0.717, 1.165) is 31.5 Å². The SMILES string of the molecule is COc1ccc(C2=C(N3CCCC(C)C3)C(=O)N(Cc3ccco3)C2=O)cc1. The first-order valence-corrected chi connectivity index (χ1v) is 9.60. The lowest BCUT2D eigenvalue weighted by atomic mass is 9.98. The summed E-state index contributed by atoms with van der Waals surface area (Å²) in [7, 11) is 1.60. The zero-order chi connectivity index (χ0) is 19.7. The third-order valence-corrected chi connectivity index (χ3v) is 5.39. The summed E-state index contributed by atoms with van der Waals surface area (Å²) in [5.74, 6) is 1.26. The Labute approximate surface area is 164 Å². The maximum Gasteiger partial charge on any atom is 0.278 e. The largest absolute Gasteiger partial charge is 0.497 e.